The number of benzene rings is 2. The number of nitrogens with one attached hydrogen (secondary N) is 2. The molecule has 2 aromatic carbocycles. The average molecular weight is 401 g/mol. The Morgan fingerprint density at radius 2 is 1.57 bits per heavy atom. The van der Waals surface area contributed by atoms with Crippen LogP contribution in [0.2, 0.25) is 0 Å². The number of carbonyl (C=O) groups excluding carboxylic acids is 3. The summed E-state index contributed by atoms with van der Waals surface area (Å²) in [5.74, 6) is -0.911. The molecule has 0 saturated carbocycles. The summed E-state index contributed by atoms with van der Waals surface area (Å²) < 4.78 is 5.21. The smallest absolute Gasteiger partial charge is 0.317 e. The molecule has 0 bridgehead atoms. The number of anilines is 2. The lowest BCUT2D eigenvalue weighted by Crippen LogP contribution is -2.30. The predicted octanol–water partition coefficient (Wildman–Crippen LogP) is 3.92. The molecule has 2 amide bonds. The molecule has 148 valence electrons. The van der Waals surface area contributed by atoms with Gasteiger partial charge in [0.1, 0.15) is 0 Å². The van der Waals surface area contributed by atoms with Gasteiger partial charge in [0.25, 0.3) is 5.91 Å². The van der Waals surface area contributed by atoms with Gasteiger partial charge in [-0.05, 0) is 68.3 Å². The van der Waals surface area contributed by atoms with E-state index in [2.05, 4.69) is 10.6 Å². The van der Waals surface area contributed by atoms with E-state index in [1.807, 2.05) is 32.0 Å². The van der Waals surface area contributed by atoms with Crippen molar-refractivity contribution in [3.8, 4) is 0 Å². The summed E-state index contributed by atoms with van der Waals surface area (Å²) >= 11 is 1.37. The Balaban J connectivity index is 1.81. The first-order valence-electron chi connectivity index (χ1n) is 8.82. The van der Waals surface area contributed by atoms with Gasteiger partial charge in [-0.1, -0.05) is 6.07 Å². The van der Waals surface area contributed by atoms with Crippen molar-refractivity contribution in [3.05, 3.63) is 53.6 Å². The first-order valence-corrected chi connectivity index (χ1v) is 9.81. The van der Waals surface area contributed by atoms with Crippen molar-refractivity contribution in [2.45, 2.75) is 38.7 Å². The summed E-state index contributed by atoms with van der Waals surface area (Å²) in [7, 11) is 0. The molecule has 6 nitrogen and oxygen atoms in total. The van der Waals surface area contributed by atoms with Crippen LogP contribution in [0.5, 0.6) is 0 Å². The highest BCUT2D eigenvalue weighted by atomic mass is 32.2. The second-order valence-corrected chi connectivity index (χ2v) is 7.46. The maximum Gasteiger partial charge on any atom is 0.317 e. The number of rotatable bonds is 7. The summed E-state index contributed by atoms with van der Waals surface area (Å²) in [6.07, 6.45) is -0.914. The monoisotopic (exact) mass is 400 g/mol. The summed E-state index contributed by atoms with van der Waals surface area (Å²) in [5, 5.41) is 5.32. The van der Waals surface area contributed by atoms with Crippen molar-refractivity contribution < 1.29 is 19.1 Å². The minimum absolute atomic E-state index is 0.130. The van der Waals surface area contributed by atoms with E-state index in [1.54, 1.807) is 24.3 Å². The molecule has 0 saturated heterocycles. The largest absolute Gasteiger partial charge is 0.452 e. The van der Waals surface area contributed by atoms with E-state index in [9.17, 15) is 14.4 Å². The molecule has 1 atom stereocenters. The van der Waals surface area contributed by atoms with E-state index in [0.717, 1.165) is 10.5 Å². The molecule has 0 aromatic heterocycles. The summed E-state index contributed by atoms with van der Waals surface area (Å²) in [5.41, 5.74) is 3.54. The van der Waals surface area contributed by atoms with Crippen molar-refractivity contribution >= 4 is 40.9 Å². The van der Waals surface area contributed by atoms with Crippen molar-refractivity contribution in [2.24, 2.45) is 0 Å². The van der Waals surface area contributed by atoms with Crippen molar-refractivity contribution in [2.75, 3.05) is 16.4 Å². The number of aryl methyl sites for hydroxylation is 2. The summed E-state index contributed by atoms with van der Waals surface area (Å²) in [6.45, 7) is 7.00. The fourth-order valence-corrected chi connectivity index (χ4v) is 3.09. The van der Waals surface area contributed by atoms with Gasteiger partial charge in [0.15, 0.2) is 6.10 Å². The zero-order chi connectivity index (χ0) is 20.7. The number of carbonyl (C=O) groups is 3. The third kappa shape index (κ3) is 6.74. The Kier molecular flexibility index (Phi) is 7.63. The first-order chi connectivity index (χ1) is 13.2. The highest BCUT2D eigenvalue weighted by molar-refractivity contribution is 8.00. The second-order valence-electron chi connectivity index (χ2n) is 6.41. The Bertz CT molecular complexity index is 865. The molecule has 28 heavy (non-hydrogen) atoms. The summed E-state index contributed by atoms with van der Waals surface area (Å²) in [4.78, 5) is 36.2. The molecule has 0 aliphatic rings. The molecule has 2 aromatic rings. The van der Waals surface area contributed by atoms with E-state index in [4.69, 9.17) is 4.74 Å². The topological polar surface area (TPSA) is 84.5 Å². The molecule has 7 heteroatoms. The molecular formula is C21H24N2O4S. The molecule has 0 aliphatic heterocycles. The van der Waals surface area contributed by atoms with Gasteiger partial charge in [-0.2, -0.15) is 0 Å². The standard InChI is InChI=1S/C21H24N2O4S/c1-13-5-10-19(11-14(13)2)28-12-20(25)27-15(3)21(26)23-18-8-6-17(7-9-18)22-16(4)24/h5-11,15H,12H2,1-4H3,(H,22,24)(H,23,26)/t15-/m1/s1. The SMILES string of the molecule is CC(=O)Nc1ccc(NC(=O)[C@@H](C)OC(=O)CSc2ccc(C)c(C)c2)cc1. The van der Waals surface area contributed by atoms with Gasteiger partial charge in [0.2, 0.25) is 5.91 Å². The van der Waals surface area contributed by atoms with Crippen LogP contribution in [0.25, 0.3) is 0 Å². The van der Waals surface area contributed by atoms with Crippen LogP contribution in [-0.4, -0.2) is 29.6 Å². The van der Waals surface area contributed by atoms with E-state index >= 15 is 0 Å². The van der Waals surface area contributed by atoms with Crippen LogP contribution in [0.15, 0.2) is 47.4 Å². The minimum Gasteiger partial charge on any atom is -0.452 e. The number of amides is 2. The van der Waals surface area contributed by atoms with Gasteiger partial charge in [0.05, 0.1) is 5.75 Å². The van der Waals surface area contributed by atoms with Crippen LogP contribution in [0.3, 0.4) is 0 Å². The molecule has 0 aliphatic carbocycles. The minimum atomic E-state index is -0.914. The van der Waals surface area contributed by atoms with E-state index < -0.39 is 18.0 Å². The lowest BCUT2D eigenvalue weighted by molar-refractivity contribution is -0.150. The van der Waals surface area contributed by atoms with Gasteiger partial charge in [-0.25, -0.2) is 0 Å². The molecule has 0 heterocycles. The fraction of sp³-hybridized carbons (Fsp3) is 0.286. The van der Waals surface area contributed by atoms with Crippen LogP contribution >= 0.6 is 11.8 Å². The van der Waals surface area contributed by atoms with Gasteiger partial charge >= 0.3 is 5.97 Å². The third-order valence-electron chi connectivity index (χ3n) is 3.99. The van der Waals surface area contributed by atoms with Gasteiger partial charge in [0, 0.05) is 23.2 Å². The quantitative estimate of drug-likeness (QED) is 0.543. The van der Waals surface area contributed by atoms with Crippen LogP contribution in [0, 0.1) is 13.8 Å². The lowest BCUT2D eigenvalue weighted by Gasteiger charge is -2.14. The molecule has 0 spiro atoms. The zero-order valence-electron chi connectivity index (χ0n) is 16.4. The molecule has 0 radical (unpaired) electrons. The van der Waals surface area contributed by atoms with E-state index in [0.29, 0.717) is 11.4 Å². The maximum atomic E-state index is 12.2. The average Bonchev–Trinajstić information content (AvgIpc) is 2.63. The number of esters is 1. The van der Waals surface area contributed by atoms with Gasteiger partial charge in [-0.15, -0.1) is 11.8 Å². The Labute approximate surface area is 169 Å². The van der Waals surface area contributed by atoms with Crippen LogP contribution in [0.4, 0.5) is 11.4 Å². The van der Waals surface area contributed by atoms with E-state index in [-0.39, 0.29) is 11.7 Å². The second kappa shape index (κ2) is 9.94. The molecular weight excluding hydrogens is 376 g/mol. The Hall–Kier alpha value is -2.80. The van der Waals surface area contributed by atoms with E-state index in [1.165, 1.54) is 31.2 Å². The highest BCUT2D eigenvalue weighted by Gasteiger charge is 2.18. The Morgan fingerprint density at radius 1 is 0.964 bits per heavy atom. The van der Waals surface area contributed by atoms with Gasteiger partial charge < -0.3 is 15.4 Å². The zero-order valence-corrected chi connectivity index (χ0v) is 17.2. The van der Waals surface area contributed by atoms with Crippen molar-refractivity contribution in [3.63, 3.8) is 0 Å². The lowest BCUT2D eigenvalue weighted by atomic mass is 10.1. The number of hydrogen-bond acceptors (Lipinski definition) is 5. The predicted molar refractivity (Wildman–Crippen MR) is 112 cm³/mol. The number of ether oxygens (including phenoxy) is 1. The van der Waals surface area contributed by atoms with Crippen molar-refractivity contribution in [1.29, 1.82) is 0 Å². The third-order valence-corrected chi connectivity index (χ3v) is 4.95. The first kappa shape index (κ1) is 21.5. The number of thioether (sulfide) groups is 1. The maximum absolute atomic E-state index is 12.2. The van der Waals surface area contributed by atoms with Crippen LogP contribution in [0.1, 0.15) is 25.0 Å². The fourth-order valence-electron chi connectivity index (χ4n) is 2.31. The molecule has 0 fully saturated rings. The van der Waals surface area contributed by atoms with Crippen LogP contribution < -0.4 is 10.6 Å². The molecule has 2 rings (SSSR count). The van der Waals surface area contributed by atoms with Crippen LogP contribution in [-0.2, 0) is 19.1 Å². The van der Waals surface area contributed by atoms with Gasteiger partial charge in [-0.3, -0.25) is 14.4 Å². The summed E-state index contributed by atoms with van der Waals surface area (Å²) in [6, 6.07) is 12.7. The molecule has 2 N–H and O–H groups in total. The highest BCUT2D eigenvalue weighted by Crippen LogP contribution is 2.21. The van der Waals surface area contributed by atoms with Crippen molar-refractivity contribution in [1.82, 2.24) is 0 Å². The normalized spacial score (nSPS) is 11.4. The number of hydrogen-bond donors (Lipinski definition) is 2. The molecule has 0 unspecified atom stereocenters. The Morgan fingerprint density at radius 3 is 2.14 bits per heavy atom.